The summed E-state index contributed by atoms with van der Waals surface area (Å²) in [5.41, 5.74) is -0.720. The Morgan fingerprint density at radius 2 is 1.82 bits per heavy atom. The highest BCUT2D eigenvalue weighted by atomic mass is 35.5. The van der Waals surface area contributed by atoms with E-state index in [4.69, 9.17) is 23.2 Å². The first-order chi connectivity index (χ1) is 5.27. The van der Waals surface area contributed by atoms with Gasteiger partial charge < -0.3 is 4.74 Å². The van der Waals surface area contributed by atoms with Crippen molar-refractivity contribution in [2.45, 2.75) is 25.7 Å². The Bertz CT molecular complexity index is 107. The van der Waals surface area contributed by atoms with Gasteiger partial charge in [-0.1, -0.05) is 12.8 Å². The third-order valence-corrected chi connectivity index (χ3v) is 1.62. The Kier molecular flexibility index (Phi) is 8.19. The van der Waals surface area contributed by atoms with Crippen molar-refractivity contribution in [3.8, 4) is 0 Å². The quantitative estimate of drug-likeness (QED) is 0.373. The van der Waals surface area contributed by atoms with Gasteiger partial charge >= 0.3 is 5.43 Å². The number of ether oxygens (including phenoxy) is 1. The van der Waals surface area contributed by atoms with Gasteiger partial charge in [0.15, 0.2) is 0 Å². The lowest BCUT2D eigenvalue weighted by Gasteiger charge is -1.98. The highest BCUT2D eigenvalue weighted by Crippen LogP contribution is 2.01. The van der Waals surface area contributed by atoms with Gasteiger partial charge in [-0.2, -0.15) is 0 Å². The van der Waals surface area contributed by atoms with Gasteiger partial charge in [0, 0.05) is 17.5 Å². The summed E-state index contributed by atoms with van der Waals surface area (Å²) in [6.45, 7) is 0.421. The van der Waals surface area contributed by atoms with Crippen LogP contribution in [0.4, 0.5) is 4.79 Å². The van der Waals surface area contributed by atoms with Crippen LogP contribution in [0.3, 0.4) is 0 Å². The smallest absolute Gasteiger partial charge is 0.403 e. The van der Waals surface area contributed by atoms with Gasteiger partial charge in [-0.3, -0.25) is 0 Å². The van der Waals surface area contributed by atoms with E-state index in [1.54, 1.807) is 0 Å². The Labute approximate surface area is 76.8 Å². The monoisotopic (exact) mass is 198 g/mol. The fourth-order valence-corrected chi connectivity index (χ4v) is 0.969. The van der Waals surface area contributed by atoms with Crippen LogP contribution in [0.1, 0.15) is 25.7 Å². The van der Waals surface area contributed by atoms with Gasteiger partial charge in [-0.15, -0.1) is 11.6 Å². The van der Waals surface area contributed by atoms with E-state index in [-0.39, 0.29) is 0 Å². The molecule has 0 saturated carbocycles. The van der Waals surface area contributed by atoms with Gasteiger partial charge in [0.05, 0.1) is 6.61 Å². The molecule has 0 aliphatic rings. The van der Waals surface area contributed by atoms with Crippen LogP contribution in [0.25, 0.3) is 0 Å². The number of hydrogen-bond donors (Lipinski definition) is 0. The van der Waals surface area contributed by atoms with Crippen molar-refractivity contribution in [2.24, 2.45) is 0 Å². The zero-order valence-electron chi connectivity index (χ0n) is 6.32. The number of rotatable bonds is 6. The zero-order chi connectivity index (χ0) is 8.53. The molecule has 0 radical (unpaired) electrons. The molecule has 0 bridgehead atoms. The largest absolute Gasteiger partial charge is 0.454 e. The van der Waals surface area contributed by atoms with Crippen molar-refractivity contribution in [3.05, 3.63) is 0 Å². The fourth-order valence-electron chi connectivity index (χ4n) is 0.703. The summed E-state index contributed by atoms with van der Waals surface area (Å²) in [4.78, 5) is 10.1. The van der Waals surface area contributed by atoms with E-state index in [0.717, 1.165) is 25.7 Å². The standard InChI is InChI=1S/C7H12Cl2O2/c8-5-3-1-2-4-6-11-7(9)10/h1-6H2. The lowest BCUT2D eigenvalue weighted by Crippen LogP contribution is -1.96. The van der Waals surface area contributed by atoms with Crippen molar-refractivity contribution < 1.29 is 9.53 Å². The van der Waals surface area contributed by atoms with Crippen LogP contribution in [0, 0.1) is 0 Å². The van der Waals surface area contributed by atoms with E-state index >= 15 is 0 Å². The van der Waals surface area contributed by atoms with Gasteiger partial charge in [0.2, 0.25) is 0 Å². The molecule has 0 N–H and O–H groups in total. The summed E-state index contributed by atoms with van der Waals surface area (Å²) in [6.07, 6.45) is 4.02. The first-order valence-electron chi connectivity index (χ1n) is 3.65. The maximum Gasteiger partial charge on any atom is 0.403 e. The molecule has 0 aromatic rings. The van der Waals surface area contributed by atoms with E-state index in [1.807, 2.05) is 0 Å². The molecule has 0 atom stereocenters. The first-order valence-corrected chi connectivity index (χ1v) is 4.57. The van der Waals surface area contributed by atoms with Gasteiger partial charge in [0.25, 0.3) is 0 Å². The predicted molar refractivity (Wildman–Crippen MR) is 46.4 cm³/mol. The number of unbranched alkanes of at least 4 members (excludes halogenated alkanes) is 3. The zero-order valence-corrected chi connectivity index (χ0v) is 7.83. The molecule has 0 aromatic carbocycles. The third kappa shape index (κ3) is 10.1. The summed E-state index contributed by atoms with van der Waals surface area (Å²) < 4.78 is 4.52. The van der Waals surface area contributed by atoms with Crippen LogP contribution in [0.2, 0.25) is 0 Å². The van der Waals surface area contributed by atoms with Crippen molar-refractivity contribution >= 4 is 28.6 Å². The summed E-state index contributed by atoms with van der Waals surface area (Å²) >= 11 is 10.4. The van der Waals surface area contributed by atoms with Crippen LogP contribution in [0.5, 0.6) is 0 Å². The molecule has 0 aromatic heterocycles. The summed E-state index contributed by atoms with van der Waals surface area (Å²) in [6, 6.07) is 0. The van der Waals surface area contributed by atoms with Crippen molar-refractivity contribution in [2.75, 3.05) is 12.5 Å². The third-order valence-electron chi connectivity index (χ3n) is 1.24. The number of carbonyl (C=O) groups excluding carboxylic acids is 1. The minimum Gasteiger partial charge on any atom is -0.454 e. The van der Waals surface area contributed by atoms with Crippen molar-refractivity contribution in [3.63, 3.8) is 0 Å². The van der Waals surface area contributed by atoms with Crippen LogP contribution in [0.15, 0.2) is 0 Å². The Balaban J connectivity index is 2.85. The van der Waals surface area contributed by atoms with E-state index in [0.29, 0.717) is 12.5 Å². The summed E-state index contributed by atoms with van der Waals surface area (Å²) in [7, 11) is 0. The predicted octanol–water partition coefficient (Wildman–Crippen LogP) is 3.16. The first kappa shape index (κ1) is 11.1. The molecule has 11 heavy (non-hydrogen) atoms. The molecule has 0 amide bonds. The number of alkyl halides is 1. The van der Waals surface area contributed by atoms with Crippen LogP contribution >= 0.6 is 23.2 Å². The average molecular weight is 199 g/mol. The highest BCUT2D eigenvalue weighted by Gasteiger charge is 1.94. The van der Waals surface area contributed by atoms with Crippen LogP contribution in [-0.4, -0.2) is 17.9 Å². The summed E-state index contributed by atoms with van der Waals surface area (Å²) in [5.74, 6) is 0.704. The molecular weight excluding hydrogens is 187 g/mol. The molecule has 0 unspecified atom stereocenters. The Morgan fingerprint density at radius 1 is 1.18 bits per heavy atom. The molecular formula is C7H12Cl2O2. The molecule has 0 aliphatic carbocycles. The normalized spacial score (nSPS) is 9.64. The molecule has 0 heterocycles. The minimum atomic E-state index is -0.720. The van der Waals surface area contributed by atoms with E-state index < -0.39 is 5.43 Å². The lowest BCUT2D eigenvalue weighted by molar-refractivity contribution is 0.171. The molecule has 0 aliphatic heterocycles. The SMILES string of the molecule is O=C(Cl)OCCCCCCCl. The number of hydrogen-bond acceptors (Lipinski definition) is 2. The maximum absolute atomic E-state index is 10.1. The second-order valence-corrected chi connectivity index (χ2v) is 2.88. The second-order valence-electron chi connectivity index (χ2n) is 2.19. The Hall–Kier alpha value is 0.0500. The summed E-state index contributed by atoms with van der Waals surface area (Å²) in [5, 5.41) is 0. The highest BCUT2D eigenvalue weighted by molar-refractivity contribution is 6.61. The van der Waals surface area contributed by atoms with Crippen LogP contribution < -0.4 is 0 Å². The van der Waals surface area contributed by atoms with E-state index in [9.17, 15) is 4.79 Å². The molecule has 4 heteroatoms. The van der Waals surface area contributed by atoms with Crippen LogP contribution in [-0.2, 0) is 4.74 Å². The number of carbonyl (C=O) groups is 1. The number of halogens is 2. The van der Waals surface area contributed by atoms with Gasteiger partial charge in [-0.05, 0) is 12.8 Å². The minimum absolute atomic E-state index is 0.421. The van der Waals surface area contributed by atoms with E-state index in [1.165, 1.54) is 0 Å². The molecule has 2 nitrogen and oxygen atoms in total. The Morgan fingerprint density at radius 3 is 2.36 bits per heavy atom. The fraction of sp³-hybridized carbons (Fsp3) is 0.857. The molecule has 66 valence electrons. The molecule has 0 spiro atoms. The lowest BCUT2D eigenvalue weighted by atomic mass is 10.2. The molecule has 0 saturated heterocycles. The van der Waals surface area contributed by atoms with Crippen molar-refractivity contribution in [1.29, 1.82) is 0 Å². The molecule has 0 fully saturated rings. The van der Waals surface area contributed by atoms with Gasteiger partial charge in [-0.25, -0.2) is 4.79 Å². The average Bonchev–Trinajstić information content (AvgIpc) is 1.96. The van der Waals surface area contributed by atoms with Gasteiger partial charge in [0.1, 0.15) is 0 Å². The van der Waals surface area contributed by atoms with Crippen molar-refractivity contribution in [1.82, 2.24) is 0 Å². The van der Waals surface area contributed by atoms with E-state index in [2.05, 4.69) is 4.74 Å². The maximum atomic E-state index is 10.1. The topological polar surface area (TPSA) is 26.3 Å². The second kappa shape index (κ2) is 8.15. The molecule has 0 rings (SSSR count).